The van der Waals surface area contributed by atoms with Crippen LogP contribution in [0.1, 0.15) is 21.5 Å². The van der Waals surface area contributed by atoms with Gasteiger partial charge in [0.1, 0.15) is 5.82 Å². The highest BCUT2D eigenvalue weighted by atomic mass is 19.1. The van der Waals surface area contributed by atoms with Gasteiger partial charge in [0.2, 0.25) is 0 Å². The number of hydrogen-bond donors (Lipinski definition) is 1. The number of nitrogens with one attached hydrogen (secondary N) is 1. The van der Waals surface area contributed by atoms with Crippen molar-refractivity contribution in [2.24, 2.45) is 0 Å². The van der Waals surface area contributed by atoms with E-state index in [4.69, 9.17) is 0 Å². The Kier molecular flexibility index (Phi) is 3.42. The number of amides is 1. The van der Waals surface area contributed by atoms with Gasteiger partial charge in [-0.1, -0.05) is 29.8 Å². The second-order valence-electron chi connectivity index (χ2n) is 4.25. The van der Waals surface area contributed by atoms with Gasteiger partial charge in [-0.05, 0) is 37.6 Å². The maximum atomic E-state index is 13.4. The maximum absolute atomic E-state index is 13.4. The van der Waals surface area contributed by atoms with Crippen molar-refractivity contribution in [2.75, 3.05) is 5.32 Å². The second-order valence-corrected chi connectivity index (χ2v) is 4.25. The lowest BCUT2D eigenvalue weighted by atomic mass is 10.1. The zero-order valence-corrected chi connectivity index (χ0v) is 10.3. The van der Waals surface area contributed by atoms with Crippen LogP contribution in [0, 0.1) is 19.7 Å². The third kappa shape index (κ3) is 2.56. The van der Waals surface area contributed by atoms with Gasteiger partial charge in [0.05, 0.1) is 5.56 Å². The van der Waals surface area contributed by atoms with Gasteiger partial charge >= 0.3 is 0 Å². The standard InChI is InChI=1S/C15H14FNO/c1-10-7-8-14(11(2)9-10)17-15(18)12-5-3-4-6-13(12)16/h3-9H,1-2H3,(H,17,18). The Hall–Kier alpha value is -2.16. The normalized spacial score (nSPS) is 10.2. The first kappa shape index (κ1) is 12.3. The van der Waals surface area contributed by atoms with Crippen molar-refractivity contribution in [1.82, 2.24) is 0 Å². The molecule has 1 N–H and O–H groups in total. The van der Waals surface area contributed by atoms with Crippen molar-refractivity contribution in [3.05, 3.63) is 65.0 Å². The number of anilines is 1. The summed E-state index contributed by atoms with van der Waals surface area (Å²) in [5.41, 5.74) is 2.84. The molecule has 0 atom stereocenters. The van der Waals surface area contributed by atoms with E-state index in [1.807, 2.05) is 32.0 Å². The van der Waals surface area contributed by atoms with Gasteiger partial charge in [-0.2, -0.15) is 0 Å². The summed E-state index contributed by atoms with van der Waals surface area (Å²) in [4.78, 5) is 11.9. The third-order valence-corrected chi connectivity index (χ3v) is 2.75. The monoisotopic (exact) mass is 243 g/mol. The van der Waals surface area contributed by atoms with Gasteiger partial charge in [-0.3, -0.25) is 4.79 Å². The molecule has 0 fully saturated rings. The van der Waals surface area contributed by atoms with E-state index in [0.717, 1.165) is 11.1 Å². The lowest BCUT2D eigenvalue weighted by molar-refractivity contribution is 0.102. The van der Waals surface area contributed by atoms with E-state index in [0.29, 0.717) is 5.69 Å². The molecule has 92 valence electrons. The van der Waals surface area contributed by atoms with Crippen LogP contribution in [-0.4, -0.2) is 5.91 Å². The van der Waals surface area contributed by atoms with Gasteiger partial charge in [0.25, 0.3) is 5.91 Å². The van der Waals surface area contributed by atoms with E-state index in [-0.39, 0.29) is 5.56 Å². The average Bonchev–Trinajstić information content (AvgIpc) is 2.33. The largest absolute Gasteiger partial charge is 0.322 e. The summed E-state index contributed by atoms with van der Waals surface area (Å²) >= 11 is 0. The summed E-state index contributed by atoms with van der Waals surface area (Å²) < 4.78 is 13.4. The van der Waals surface area contributed by atoms with Crippen LogP contribution in [0.25, 0.3) is 0 Å². The Bertz CT molecular complexity index is 593. The van der Waals surface area contributed by atoms with Gasteiger partial charge in [-0.15, -0.1) is 0 Å². The van der Waals surface area contributed by atoms with Crippen LogP contribution in [0.4, 0.5) is 10.1 Å². The Morgan fingerprint density at radius 1 is 1.11 bits per heavy atom. The van der Waals surface area contributed by atoms with Crippen molar-refractivity contribution in [1.29, 1.82) is 0 Å². The van der Waals surface area contributed by atoms with E-state index in [2.05, 4.69) is 5.32 Å². The summed E-state index contributed by atoms with van der Waals surface area (Å²) in [6.45, 7) is 3.89. The molecule has 0 heterocycles. The summed E-state index contributed by atoms with van der Waals surface area (Å²) in [5, 5.41) is 2.72. The molecule has 0 saturated carbocycles. The second kappa shape index (κ2) is 5.00. The molecule has 2 aromatic rings. The highest BCUT2D eigenvalue weighted by Gasteiger charge is 2.11. The summed E-state index contributed by atoms with van der Waals surface area (Å²) in [7, 11) is 0. The van der Waals surface area contributed by atoms with E-state index < -0.39 is 11.7 Å². The van der Waals surface area contributed by atoms with Gasteiger partial charge in [-0.25, -0.2) is 4.39 Å². The van der Waals surface area contributed by atoms with Crippen molar-refractivity contribution in [3.8, 4) is 0 Å². The first-order valence-corrected chi connectivity index (χ1v) is 5.71. The van der Waals surface area contributed by atoms with Crippen LogP contribution >= 0.6 is 0 Å². The molecule has 0 aliphatic rings. The van der Waals surface area contributed by atoms with Crippen LogP contribution in [0.5, 0.6) is 0 Å². The first-order chi connectivity index (χ1) is 8.58. The zero-order chi connectivity index (χ0) is 13.1. The predicted octanol–water partition coefficient (Wildman–Crippen LogP) is 3.69. The Balaban J connectivity index is 2.24. The Morgan fingerprint density at radius 3 is 2.50 bits per heavy atom. The van der Waals surface area contributed by atoms with E-state index in [1.165, 1.54) is 12.1 Å². The summed E-state index contributed by atoms with van der Waals surface area (Å²) in [5.74, 6) is -0.945. The van der Waals surface area contributed by atoms with E-state index >= 15 is 0 Å². The molecule has 2 nitrogen and oxygen atoms in total. The molecular weight excluding hydrogens is 229 g/mol. The van der Waals surface area contributed by atoms with Crippen molar-refractivity contribution in [3.63, 3.8) is 0 Å². The minimum absolute atomic E-state index is 0.0532. The van der Waals surface area contributed by atoms with Crippen LogP contribution in [0.3, 0.4) is 0 Å². The molecule has 1 amide bonds. The molecule has 18 heavy (non-hydrogen) atoms. The number of aryl methyl sites for hydroxylation is 2. The molecule has 0 saturated heterocycles. The zero-order valence-electron chi connectivity index (χ0n) is 10.3. The van der Waals surface area contributed by atoms with Gasteiger partial charge < -0.3 is 5.32 Å². The fourth-order valence-corrected chi connectivity index (χ4v) is 1.79. The molecule has 0 unspecified atom stereocenters. The molecule has 2 rings (SSSR count). The average molecular weight is 243 g/mol. The smallest absolute Gasteiger partial charge is 0.258 e. The van der Waals surface area contributed by atoms with Crippen LogP contribution in [0.2, 0.25) is 0 Å². The lowest BCUT2D eigenvalue weighted by Crippen LogP contribution is -2.14. The fourth-order valence-electron chi connectivity index (χ4n) is 1.79. The molecule has 0 bridgehead atoms. The topological polar surface area (TPSA) is 29.1 Å². The number of hydrogen-bond acceptors (Lipinski definition) is 1. The van der Waals surface area contributed by atoms with E-state index in [9.17, 15) is 9.18 Å². The minimum Gasteiger partial charge on any atom is -0.322 e. The fraction of sp³-hybridized carbons (Fsp3) is 0.133. The number of halogens is 1. The molecular formula is C15H14FNO. The maximum Gasteiger partial charge on any atom is 0.258 e. The Labute approximate surface area is 105 Å². The first-order valence-electron chi connectivity index (χ1n) is 5.71. The quantitative estimate of drug-likeness (QED) is 0.856. The number of rotatable bonds is 2. The summed E-state index contributed by atoms with van der Waals surface area (Å²) in [6.07, 6.45) is 0. The van der Waals surface area contributed by atoms with Crippen LogP contribution < -0.4 is 5.32 Å². The number of carbonyl (C=O) groups excluding carboxylic acids is 1. The van der Waals surface area contributed by atoms with Crippen LogP contribution in [-0.2, 0) is 0 Å². The molecule has 2 aromatic carbocycles. The van der Waals surface area contributed by atoms with Crippen molar-refractivity contribution < 1.29 is 9.18 Å². The number of benzene rings is 2. The number of carbonyl (C=O) groups is 1. The molecule has 0 aliphatic heterocycles. The highest BCUT2D eigenvalue weighted by molar-refractivity contribution is 6.04. The van der Waals surface area contributed by atoms with Crippen molar-refractivity contribution in [2.45, 2.75) is 13.8 Å². The highest BCUT2D eigenvalue weighted by Crippen LogP contribution is 2.17. The van der Waals surface area contributed by atoms with Gasteiger partial charge in [0, 0.05) is 5.69 Å². The molecule has 0 spiro atoms. The predicted molar refractivity (Wildman–Crippen MR) is 70.3 cm³/mol. The molecule has 0 aromatic heterocycles. The third-order valence-electron chi connectivity index (χ3n) is 2.75. The SMILES string of the molecule is Cc1ccc(NC(=O)c2ccccc2F)c(C)c1. The lowest BCUT2D eigenvalue weighted by Gasteiger charge is -2.09. The van der Waals surface area contributed by atoms with Crippen LogP contribution in [0.15, 0.2) is 42.5 Å². The van der Waals surface area contributed by atoms with Gasteiger partial charge in [0.15, 0.2) is 0 Å². The summed E-state index contributed by atoms with van der Waals surface area (Å²) in [6, 6.07) is 11.6. The molecule has 0 radical (unpaired) electrons. The van der Waals surface area contributed by atoms with Crippen molar-refractivity contribution >= 4 is 11.6 Å². The molecule has 0 aliphatic carbocycles. The Morgan fingerprint density at radius 2 is 1.83 bits per heavy atom. The minimum atomic E-state index is -0.514. The molecule has 3 heteroatoms. The van der Waals surface area contributed by atoms with E-state index in [1.54, 1.807) is 12.1 Å².